The van der Waals surface area contributed by atoms with Crippen LogP contribution in [0.3, 0.4) is 0 Å². The zero-order chi connectivity index (χ0) is 24.7. The van der Waals surface area contributed by atoms with E-state index < -0.39 is 40.7 Å². The number of hydrogen-bond donors (Lipinski definition) is 2. The van der Waals surface area contributed by atoms with Gasteiger partial charge in [-0.15, -0.1) is 0 Å². The molecule has 0 saturated heterocycles. The molecule has 1 saturated carbocycles. The van der Waals surface area contributed by atoms with Gasteiger partial charge < -0.3 is 15.2 Å². The van der Waals surface area contributed by atoms with Gasteiger partial charge >= 0.3 is 0 Å². The molecule has 10 heteroatoms. The van der Waals surface area contributed by atoms with E-state index in [9.17, 15) is 31.9 Å². The summed E-state index contributed by atoms with van der Waals surface area (Å²) >= 11 is 0. The number of carbonyl (C=O) groups excluding carboxylic acids is 3. The van der Waals surface area contributed by atoms with Gasteiger partial charge in [0.2, 0.25) is 0 Å². The van der Waals surface area contributed by atoms with E-state index in [0.717, 1.165) is 0 Å². The maximum atomic E-state index is 14.0. The van der Waals surface area contributed by atoms with Gasteiger partial charge in [-0.2, -0.15) is 0 Å². The van der Waals surface area contributed by atoms with Gasteiger partial charge in [0.1, 0.15) is 5.67 Å². The lowest BCUT2D eigenvalue weighted by molar-refractivity contribution is -0.118. The fraction of sp³-hybridized carbons (Fsp3) is 0.435. The van der Waals surface area contributed by atoms with E-state index in [2.05, 4.69) is 10.6 Å². The number of carbonyl (C=O) groups is 3. The third kappa shape index (κ3) is 4.94. The van der Waals surface area contributed by atoms with E-state index in [4.69, 9.17) is 0 Å². The van der Waals surface area contributed by atoms with Gasteiger partial charge in [-0.1, -0.05) is 0 Å². The number of ketones is 1. The molecule has 0 aliphatic heterocycles. The number of rotatable bonds is 5. The fourth-order valence-corrected chi connectivity index (χ4v) is 4.18. The molecule has 3 rings (SSSR count). The summed E-state index contributed by atoms with van der Waals surface area (Å²) in [6.45, 7) is 4.53. The van der Waals surface area contributed by atoms with Crippen molar-refractivity contribution in [3.63, 3.8) is 0 Å². The number of benzene rings is 1. The molecule has 1 aromatic carbocycles. The number of alkyl halides is 1. The van der Waals surface area contributed by atoms with E-state index in [1.165, 1.54) is 25.5 Å². The Morgan fingerprint density at radius 1 is 1.06 bits per heavy atom. The fourth-order valence-electron chi connectivity index (χ4n) is 4.18. The summed E-state index contributed by atoms with van der Waals surface area (Å²) in [5, 5.41) is 4.92. The van der Waals surface area contributed by atoms with Gasteiger partial charge in [0.25, 0.3) is 17.6 Å². The summed E-state index contributed by atoms with van der Waals surface area (Å²) in [6.07, 6.45) is 1.39. The molecule has 1 heterocycles. The van der Waals surface area contributed by atoms with Crippen LogP contribution >= 0.6 is 0 Å². The molecule has 0 radical (unpaired) electrons. The Kier molecular flexibility index (Phi) is 6.67. The van der Waals surface area contributed by atoms with Crippen molar-refractivity contribution in [3.05, 3.63) is 52.1 Å². The molecular formula is C23H25F4N3O3. The van der Waals surface area contributed by atoms with Gasteiger partial charge in [-0.05, 0) is 52.0 Å². The van der Waals surface area contributed by atoms with Crippen LogP contribution in [-0.4, -0.2) is 33.9 Å². The van der Waals surface area contributed by atoms with E-state index in [-0.39, 0.29) is 41.4 Å². The van der Waals surface area contributed by atoms with Crippen LogP contribution in [0.15, 0.2) is 12.1 Å². The minimum Gasteiger partial charge on any atom is -0.346 e. The van der Waals surface area contributed by atoms with Crippen LogP contribution in [0.25, 0.3) is 0 Å². The molecule has 0 atom stereocenters. The quantitative estimate of drug-likeness (QED) is 0.298. The Balaban J connectivity index is 1.80. The molecule has 0 bridgehead atoms. The number of nitrogens with one attached hydrogen (secondary N) is 2. The number of nitrogens with zero attached hydrogens (tertiary/aromatic N) is 1. The third-order valence-electron chi connectivity index (χ3n) is 6.18. The molecule has 0 spiro atoms. The van der Waals surface area contributed by atoms with E-state index in [1.54, 1.807) is 6.92 Å². The maximum Gasteiger partial charge on any atom is 0.294 e. The number of aromatic nitrogens is 1. The Morgan fingerprint density at radius 2 is 1.61 bits per heavy atom. The van der Waals surface area contributed by atoms with Crippen molar-refractivity contribution in [2.75, 3.05) is 5.32 Å². The predicted octanol–water partition coefficient (Wildman–Crippen LogP) is 4.28. The maximum absolute atomic E-state index is 14.0. The summed E-state index contributed by atoms with van der Waals surface area (Å²) in [6, 6.07) is 0.949. The van der Waals surface area contributed by atoms with Crippen LogP contribution < -0.4 is 10.6 Å². The molecule has 33 heavy (non-hydrogen) atoms. The van der Waals surface area contributed by atoms with Crippen LogP contribution in [0.1, 0.15) is 64.7 Å². The number of amides is 2. The molecule has 1 aliphatic rings. The average molecular weight is 467 g/mol. The topological polar surface area (TPSA) is 80.2 Å². The van der Waals surface area contributed by atoms with Crippen LogP contribution in [0.5, 0.6) is 0 Å². The van der Waals surface area contributed by atoms with Gasteiger partial charge in [0.15, 0.2) is 17.5 Å². The van der Waals surface area contributed by atoms with Gasteiger partial charge in [-0.3, -0.25) is 14.4 Å². The molecule has 6 nitrogen and oxygen atoms in total. The van der Waals surface area contributed by atoms with Crippen molar-refractivity contribution in [2.45, 2.75) is 58.2 Å². The summed E-state index contributed by atoms with van der Waals surface area (Å²) in [5.41, 5.74) is -1.01. The first-order chi connectivity index (χ1) is 15.3. The zero-order valence-electron chi connectivity index (χ0n) is 18.7. The first kappa shape index (κ1) is 24.5. The molecule has 2 amide bonds. The lowest BCUT2D eigenvalue weighted by atomic mass is 9.85. The Bertz CT molecular complexity index is 1110. The number of hydrogen-bond acceptors (Lipinski definition) is 3. The van der Waals surface area contributed by atoms with Crippen LogP contribution in [0.2, 0.25) is 0 Å². The summed E-state index contributed by atoms with van der Waals surface area (Å²) in [7, 11) is 1.51. The largest absolute Gasteiger partial charge is 0.346 e. The Labute approximate surface area is 188 Å². The molecule has 2 aromatic rings. The second-order valence-electron chi connectivity index (χ2n) is 8.69. The SMILES string of the molecule is Cc1c(C(=O)Nc2cc(F)c(F)c(F)c2)c(C)n(C)c1C(=O)C(=O)NC1CCC(C)(F)CC1. The van der Waals surface area contributed by atoms with Gasteiger partial charge in [-0.25, -0.2) is 17.6 Å². The van der Waals surface area contributed by atoms with Crippen molar-refractivity contribution in [1.29, 1.82) is 0 Å². The zero-order valence-corrected chi connectivity index (χ0v) is 18.7. The van der Waals surface area contributed by atoms with Crippen molar-refractivity contribution in [1.82, 2.24) is 9.88 Å². The Morgan fingerprint density at radius 3 is 2.15 bits per heavy atom. The highest BCUT2D eigenvalue weighted by molar-refractivity contribution is 6.43. The van der Waals surface area contributed by atoms with Crippen molar-refractivity contribution < 1.29 is 31.9 Å². The standard InChI is InChI=1S/C23H25F4N3O3/c1-11-17(21(32)29-14-9-15(24)18(26)16(25)10-14)12(2)30(4)19(11)20(31)22(33)28-13-5-7-23(3,27)8-6-13/h9-10,13H,5-8H2,1-4H3,(H,28,33)(H,29,32). The highest BCUT2D eigenvalue weighted by Crippen LogP contribution is 2.31. The molecule has 0 unspecified atom stereocenters. The van der Waals surface area contributed by atoms with Gasteiger partial charge in [0.05, 0.1) is 11.3 Å². The minimum absolute atomic E-state index is 0.0160. The van der Waals surface area contributed by atoms with Gasteiger partial charge in [0, 0.05) is 36.6 Å². The molecule has 1 aliphatic carbocycles. The Hall–Kier alpha value is -3.17. The van der Waals surface area contributed by atoms with E-state index in [1.807, 2.05) is 0 Å². The van der Waals surface area contributed by atoms with Crippen molar-refractivity contribution >= 4 is 23.3 Å². The molecule has 1 fully saturated rings. The minimum atomic E-state index is -1.66. The molecule has 1 aromatic heterocycles. The first-order valence-electron chi connectivity index (χ1n) is 10.5. The number of halogens is 4. The van der Waals surface area contributed by atoms with Crippen LogP contribution in [0, 0.1) is 31.3 Å². The number of anilines is 1. The first-order valence-corrected chi connectivity index (χ1v) is 10.5. The number of Topliss-reactive ketones (excluding diaryl/α,β-unsaturated/α-hetero) is 1. The second-order valence-corrected chi connectivity index (χ2v) is 8.69. The van der Waals surface area contributed by atoms with E-state index >= 15 is 0 Å². The lowest BCUT2D eigenvalue weighted by Crippen LogP contribution is -2.43. The third-order valence-corrected chi connectivity index (χ3v) is 6.18. The summed E-state index contributed by atoms with van der Waals surface area (Å²) in [5.74, 6) is -7.08. The summed E-state index contributed by atoms with van der Waals surface area (Å²) in [4.78, 5) is 38.2. The van der Waals surface area contributed by atoms with E-state index in [0.29, 0.717) is 30.7 Å². The van der Waals surface area contributed by atoms with Crippen LogP contribution in [0.4, 0.5) is 23.2 Å². The van der Waals surface area contributed by atoms with Crippen LogP contribution in [-0.2, 0) is 11.8 Å². The smallest absolute Gasteiger partial charge is 0.294 e. The molecule has 2 N–H and O–H groups in total. The summed E-state index contributed by atoms with van der Waals surface area (Å²) < 4.78 is 55.5. The molecular weight excluding hydrogens is 442 g/mol. The lowest BCUT2D eigenvalue weighted by Gasteiger charge is -2.31. The highest BCUT2D eigenvalue weighted by Gasteiger charge is 2.34. The monoisotopic (exact) mass is 467 g/mol. The van der Waals surface area contributed by atoms with Crippen molar-refractivity contribution in [2.24, 2.45) is 7.05 Å². The highest BCUT2D eigenvalue weighted by atomic mass is 19.2. The predicted molar refractivity (Wildman–Crippen MR) is 113 cm³/mol. The normalized spacial score (nSPS) is 20.4. The second kappa shape index (κ2) is 8.99. The van der Waals surface area contributed by atoms with Crippen molar-refractivity contribution in [3.8, 4) is 0 Å². The molecule has 178 valence electrons. The average Bonchev–Trinajstić information content (AvgIpc) is 2.95.